The van der Waals surface area contributed by atoms with Crippen LogP contribution in [0.5, 0.6) is 5.75 Å². The lowest BCUT2D eigenvalue weighted by molar-refractivity contribution is 0.413. The molecular formula is C14H14ClFN2O. The van der Waals surface area contributed by atoms with Crippen molar-refractivity contribution in [1.82, 2.24) is 4.98 Å². The van der Waals surface area contributed by atoms with Crippen LogP contribution in [-0.4, -0.2) is 12.1 Å². The average molecular weight is 281 g/mol. The number of aryl methyl sites for hydroxylation is 1. The molecule has 1 N–H and O–H groups in total. The van der Waals surface area contributed by atoms with Crippen LogP contribution >= 0.6 is 11.6 Å². The third-order valence-electron chi connectivity index (χ3n) is 2.61. The van der Waals surface area contributed by atoms with Crippen molar-refractivity contribution in [2.24, 2.45) is 0 Å². The number of hydrogen-bond acceptors (Lipinski definition) is 3. The largest absolute Gasteiger partial charge is 0.497 e. The van der Waals surface area contributed by atoms with E-state index in [1.165, 1.54) is 6.07 Å². The van der Waals surface area contributed by atoms with Gasteiger partial charge in [-0.25, -0.2) is 4.39 Å². The lowest BCUT2D eigenvalue weighted by Gasteiger charge is -2.09. The number of rotatable bonds is 4. The Balaban J connectivity index is 2.09. The van der Waals surface area contributed by atoms with Gasteiger partial charge in [0.05, 0.1) is 24.4 Å². The number of benzene rings is 1. The van der Waals surface area contributed by atoms with Gasteiger partial charge in [-0.3, -0.25) is 4.98 Å². The quantitative estimate of drug-likeness (QED) is 0.925. The number of aromatic nitrogens is 1. The fraction of sp³-hybridized carbons (Fsp3) is 0.214. The van der Waals surface area contributed by atoms with Gasteiger partial charge in [0.2, 0.25) is 0 Å². The Bertz CT molecular complexity index is 590. The minimum atomic E-state index is -0.428. The first-order valence-electron chi connectivity index (χ1n) is 5.79. The lowest BCUT2D eigenvalue weighted by Crippen LogP contribution is -2.03. The van der Waals surface area contributed by atoms with Gasteiger partial charge in [-0.2, -0.15) is 0 Å². The first-order chi connectivity index (χ1) is 9.08. The van der Waals surface area contributed by atoms with Crippen molar-refractivity contribution in [2.75, 3.05) is 12.4 Å². The molecule has 2 aromatic rings. The lowest BCUT2D eigenvalue weighted by atomic mass is 10.2. The first-order valence-corrected chi connectivity index (χ1v) is 6.17. The summed E-state index contributed by atoms with van der Waals surface area (Å²) < 4.78 is 18.2. The zero-order chi connectivity index (χ0) is 13.8. The maximum Gasteiger partial charge on any atom is 0.141 e. The molecule has 0 aliphatic carbocycles. The van der Waals surface area contributed by atoms with Crippen LogP contribution in [0.3, 0.4) is 0 Å². The summed E-state index contributed by atoms with van der Waals surface area (Å²) in [7, 11) is 1.62. The fourth-order valence-corrected chi connectivity index (χ4v) is 1.89. The van der Waals surface area contributed by atoms with Gasteiger partial charge in [-0.05, 0) is 25.1 Å². The summed E-state index contributed by atoms with van der Waals surface area (Å²) in [5.74, 6) is 0.337. The molecule has 100 valence electrons. The SMILES string of the molecule is COc1cc(C)nc(CNc2ccc(F)c(Cl)c2)c1. The Hall–Kier alpha value is -1.81. The van der Waals surface area contributed by atoms with E-state index in [1.54, 1.807) is 19.2 Å². The van der Waals surface area contributed by atoms with Crippen LogP contribution in [-0.2, 0) is 6.54 Å². The Labute approximate surface area is 116 Å². The summed E-state index contributed by atoms with van der Waals surface area (Å²) in [5.41, 5.74) is 2.47. The van der Waals surface area contributed by atoms with Gasteiger partial charge in [0.15, 0.2) is 0 Å². The monoisotopic (exact) mass is 280 g/mol. The highest BCUT2D eigenvalue weighted by Gasteiger charge is 2.03. The number of hydrogen-bond donors (Lipinski definition) is 1. The molecule has 0 spiro atoms. The van der Waals surface area contributed by atoms with Gasteiger partial charge in [0, 0.05) is 23.5 Å². The summed E-state index contributed by atoms with van der Waals surface area (Å²) in [6.45, 7) is 2.42. The van der Waals surface area contributed by atoms with Crippen molar-refractivity contribution in [3.63, 3.8) is 0 Å². The zero-order valence-electron chi connectivity index (χ0n) is 10.7. The van der Waals surface area contributed by atoms with Crippen molar-refractivity contribution < 1.29 is 9.13 Å². The minimum Gasteiger partial charge on any atom is -0.497 e. The van der Waals surface area contributed by atoms with Crippen LogP contribution in [0, 0.1) is 12.7 Å². The van der Waals surface area contributed by atoms with Gasteiger partial charge >= 0.3 is 0 Å². The minimum absolute atomic E-state index is 0.0970. The third kappa shape index (κ3) is 3.58. The molecule has 3 nitrogen and oxygen atoms in total. The highest BCUT2D eigenvalue weighted by atomic mass is 35.5. The van der Waals surface area contributed by atoms with Gasteiger partial charge < -0.3 is 10.1 Å². The summed E-state index contributed by atoms with van der Waals surface area (Å²) in [6, 6.07) is 8.22. The van der Waals surface area contributed by atoms with Gasteiger partial charge in [-0.15, -0.1) is 0 Å². The highest BCUT2D eigenvalue weighted by Crippen LogP contribution is 2.20. The topological polar surface area (TPSA) is 34.1 Å². The molecule has 0 amide bonds. The van der Waals surface area contributed by atoms with Gasteiger partial charge in [-0.1, -0.05) is 11.6 Å². The second-order valence-electron chi connectivity index (χ2n) is 4.12. The predicted molar refractivity (Wildman–Crippen MR) is 74.3 cm³/mol. The van der Waals surface area contributed by atoms with Crippen LogP contribution in [0.4, 0.5) is 10.1 Å². The van der Waals surface area contributed by atoms with E-state index in [1.807, 2.05) is 19.1 Å². The van der Waals surface area contributed by atoms with Crippen LogP contribution in [0.2, 0.25) is 5.02 Å². The zero-order valence-corrected chi connectivity index (χ0v) is 11.5. The van der Waals surface area contributed by atoms with Gasteiger partial charge in [0.1, 0.15) is 11.6 Å². The molecule has 0 atom stereocenters. The van der Waals surface area contributed by atoms with Crippen molar-refractivity contribution in [3.8, 4) is 5.75 Å². The van der Waals surface area contributed by atoms with E-state index in [9.17, 15) is 4.39 Å². The molecule has 0 aliphatic rings. The molecule has 5 heteroatoms. The Morgan fingerprint density at radius 2 is 2.11 bits per heavy atom. The number of nitrogens with one attached hydrogen (secondary N) is 1. The first kappa shape index (κ1) is 13.6. The molecule has 1 aromatic heterocycles. The van der Waals surface area contributed by atoms with E-state index in [2.05, 4.69) is 10.3 Å². The normalized spacial score (nSPS) is 10.3. The molecule has 0 aliphatic heterocycles. The number of halogens is 2. The number of pyridine rings is 1. The Kier molecular flexibility index (Phi) is 4.22. The Morgan fingerprint density at radius 1 is 1.32 bits per heavy atom. The summed E-state index contributed by atoms with van der Waals surface area (Å²) >= 11 is 5.72. The van der Waals surface area contributed by atoms with E-state index >= 15 is 0 Å². The summed E-state index contributed by atoms with van der Waals surface area (Å²) in [6.07, 6.45) is 0. The molecule has 1 aromatic carbocycles. The molecule has 1 heterocycles. The number of ether oxygens (including phenoxy) is 1. The van der Waals surface area contributed by atoms with Gasteiger partial charge in [0.25, 0.3) is 0 Å². The van der Waals surface area contributed by atoms with Crippen LogP contribution in [0.1, 0.15) is 11.4 Å². The standard InChI is InChI=1S/C14H14ClFN2O/c1-9-5-12(19-2)6-11(18-9)8-17-10-3-4-14(16)13(15)7-10/h3-7,17H,8H2,1-2H3. The second kappa shape index (κ2) is 5.89. The van der Waals surface area contributed by atoms with E-state index in [4.69, 9.17) is 16.3 Å². The number of methoxy groups -OCH3 is 1. The molecule has 0 saturated carbocycles. The van der Waals surface area contributed by atoms with Crippen molar-refractivity contribution in [1.29, 1.82) is 0 Å². The molecule has 0 bridgehead atoms. The number of anilines is 1. The van der Waals surface area contributed by atoms with E-state index < -0.39 is 5.82 Å². The highest BCUT2D eigenvalue weighted by molar-refractivity contribution is 6.31. The molecule has 0 fully saturated rings. The summed E-state index contributed by atoms with van der Waals surface area (Å²) in [4.78, 5) is 4.39. The maximum absolute atomic E-state index is 13.0. The van der Waals surface area contributed by atoms with Crippen LogP contribution in [0.25, 0.3) is 0 Å². The molecule has 0 saturated heterocycles. The third-order valence-corrected chi connectivity index (χ3v) is 2.90. The van der Waals surface area contributed by atoms with E-state index in [-0.39, 0.29) is 5.02 Å². The predicted octanol–water partition coefficient (Wildman–Crippen LogP) is 3.80. The average Bonchev–Trinajstić information content (AvgIpc) is 2.39. The molecule has 0 unspecified atom stereocenters. The second-order valence-corrected chi connectivity index (χ2v) is 4.53. The van der Waals surface area contributed by atoms with Crippen molar-refractivity contribution >= 4 is 17.3 Å². The fourth-order valence-electron chi connectivity index (χ4n) is 1.71. The molecular weight excluding hydrogens is 267 g/mol. The summed E-state index contributed by atoms with van der Waals surface area (Å²) in [5, 5.41) is 3.24. The van der Waals surface area contributed by atoms with Crippen LogP contribution in [0.15, 0.2) is 30.3 Å². The van der Waals surface area contributed by atoms with E-state index in [0.717, 1.165) is 22.8 Å². The number of nitrogens with zero attached hydrogens (tertiary/aromatic N) is 1. The van der Waals surface area contributed by atoms with E-state index in [0.29, 0.717) is 6.54 Å². The molecule has 2 rings (SSSR count). The maximum atomic E-state index is 13.0. The van der Waals surface area contributed by atoms with Crippen LogP contribution < -0.4 is 10.1 Å². The smallest absolute Gasteiger partial charge is 0.141 e. The molecule has 19 heavy (non-hydrogen) atoms. The van der Waals surface area contributed by atoms with Crippen molar-refractivity contribution in [3.05, 3.63) is 52.6 Å². The molecule has 0 radical (unpaired) electrons. The Morgan fingerprint density at radius 3 is 2.79 bits per heavy atom. The van der Waals surface area contributed by atoms with Crippen molar-refractivity contribution in [2.45, 2.75) is 13.5 Å².